The second-order valence-corrected chi connectivity index (χ2v) is 6.23. The lowest BCUT2D eigenvalue weighted by molar-refractivity contribution is -0.385. The van der Waals surface area contributed by atoms with Crippen LogP contribution in [0.15, 0.2) is 42.5 Å². The maximum atomic E-state index is 12.1. The van der Waals surface area contributed by atoms with E-state index in [4.69, 9.17) is 21.1 Å². The van der Waals surface area contributed by atoms with E-state index in [1.807, 2.05) is 0 Å². The van der Waals surface area contributed by atoms with Crippen LogP contribution in [0.2, 0.25) is 5.02 Å². The van der Waals surface area contributed by atoms with Crippen LogP contribution in [-0.4, -0.2) is 30.0 Å². The summed E-state index contributed by atoms with van der Waals surface area (Å²) < 4.78 is 10.1. The number of amides is 1. The Hall–Kier alpha value is -3.13. The number of hydrogen-bond donors (Lipinski definition) is 1. The van der Waals surface area contributed by atoms with Gasteiger partial charge >= 0.3 is 11.7 Å². The molecule has 2 aromatic rings. The van der Waals surface area contributed by atoms with Crippen LogP contribution in [0.1, 0.15) is 35.8 Å². The van der Waals surface area contributed by atoms with Crippen molar-refractivity contribution >= 4 is 29.2 Å². The van der Waals surface area contributed by atoms with Gasteiger partial charge in [-0.2, -0.15) is 0 Å². The van der Waals surface area contributed by atoms with E-state index in [-0.39, 0.29) is 29.6 Å². The average molecular weight is 407 g/mol. The largest absolute Gasteiger partial charge is 0.487 e. The lowest BCUT2D eigenvalue weighted by Gasteiger charge is -2.14. The lowest BCUT2D eigenvalue weighted by Crippen LogP contribution is -2.31. The molecule has 0 spiro atoms. The van der Waals surface area contributed by atoms with Gasteiger partial charge in [-0.25, -0.2) is 4.79 Å². The van der Waals surface area contributed by atoms with E-state index < -0.39 is 23.4 Å². The van der Waals surface area contributed by atoms with Crippen molar-refractivity contribution in [1.82, 2.24) is 5.32 Å². The predicted octanol–water partition coefficient (Wildman–Crippen LogP) is 3.68. The summed E-state index contributed by atoms with van der Waals surface area (Å²) in [7, 11) is 0. The van der Waals surface area contributed by atoms with E-state index in [9.17, 15) is 19.7 Å². The normalized spacial score (nSPS) is 11.4. The summed E-state index contributed by atoms with van der Waals surface area (Å²) in [5, 5.41) is 14.4. The molecule has 0 saturated heterocycles. The number of hydrogen-bond acceptors (Lipinski definition) is 6. The fraction of sp³-hybridized carbons (Fsp3) is 0.263. The van der Waals surface area contributed by atoms with Gasteiger partial charge in [0.15, 0.2) is 12.4 Å². The average Bonchev–Trinajstić information content (AvgIpc) is 2.67. The van der Waals surface area contributed by atoms with Crippen LogP contribution in [0.4, 0.5) is 5.69 Å². The molecule has 0 bridgehead atoms. The summed E-state index contributed by atoms with van der Waals surface area (Å²) >= 11 is 5.83. The Bertz CT molecular complexity index is 869. The fourth-order valence-corrected chi connectivity index (χ4v) is 2.52. The van der Waals surface area contributed by atoms with E-state index in [2.05, 4.69) is 5.32 Å². The molecule has 2 aromatic carbocycles. The molecule has 28 heavy (non-hydrogen) atoms. The molecule has 8 nitrogen and oxygen atoms in total. The molecule has 0 fully saturated rings. The summed E-state index contributed by atoms with van der Waals surface area (Å²) in [4.78, 5) is 34.6. The highest BCUT2D eigenvalue weighted by molar-refractivity contribution is 6.30. The highest BCUT2D eigenvalue weighted by Gasteiger charge is 2.20. The first-order valence-corrected chi connectivity index (χ1v) is 8.82. The van der Waals surface area contributed by atoms with Gasteiger partial charge in [0.2, 0.25) is 0 Å². The van der Waals surface area contributed by atoms with Crippen molar-refractivity contribution in [3.05, 3.63) is 68.7 Å². The molecule has 0 aromatic heterocycles. The number of halogens is 1. The minimum absolute atomic E-state index is 0.0475. The molecular weight excluding hydrogens is 388 g/mol. The Morgan fingerprint density at radius 2 is 1.89 bits per heavy atom. The molecule has 0 aliphatic heterocycles. The van der Waals surface area contributed by atoms with Crippen molar-refractivity contribution in [2.75, 3.05) is 13.2 Å². The number of rotatable bonds is 8. The smallest absolute Gasteiger partial charge is 0.338 e. The number of carbonyl (C=O) groups is 2. The highest BCUT2D eigenvalue weighted by atomic mass is 35.5. The molecule has 0 unspecified atom stereocenters. The first-order valence-electron chi connectivity index (χ1n) is 8.45. The van der Waals surface area contributed by atoms with E-state index >= 15 is 0 Å². The summed E-state index contributed by atoms with van der Waals surface area (Å²) in [6, 6.07) is 10.4. The molecular formula is C19H19ClN2O6. The molecule has 1 amide bonds. The highest BCUT2D eigenvalue weighted by Crippen LogP contribution is 2.28. The SMILES string of the molecule is CCOc1ccc(C(=O)OCC(=O)N[C@H](C)c2ccc(Cl)cc2)cc1[N+](=O)[O-]. The quantitative estimate of drug-likeness (QED) is 0.407. The van der Waals surface area contributed by atoms with Crippen molar-refractivity contribution in [3.63, 3.8) is 0 Å². The molecule has 2 rings (SSSR count). The van der Waals surface area contributed by atoms with Gasteiger partial charge in [-0.15, -0.1) is 0 Å². The molecule has 1 N–H and O–H groups in total. The van der Waals surface area contributed by atoms with Crippen LogP contribution in [0, 0.1) is 10.1 Å². The molecule has 0 saturated carbocycles. The van der Waals surface area contributed by atoms with Gasteiger partial charge in [0.25, 0.3) is 5.91 Å². The van der Waals surface area contributed by atoms with Crippen LogP contribution >= 0.6 is 11.6 Å². The van der Waals surface area contributed by atoms with Crippen LogP contribution in [0.5, 0.6) is 5.75 Å². The zero-order valence-corrected chi connectivity index (χ0v) is 16.1. The van der Waals surface area contributed by atoms with Crippen molar-refractivity contribution in [2.45, 2.75) is 19.9 Å². The number of nitrogens with zero attached hydrogens (tertiary/aromatic N) is 1. The molecule has 148 valence electrons. The van der Waals surface area contributed by atoms with Crippen molar-refractivity contribution < 1.29 is 24.0 Å². The number of ether oxygens (including phenoxy) is 2. The molecule has 0 aliphatic rings. The Morgan fingerprint density at radius 3 is 2.50 bits per heavy atom. The number of nitro benzene ring substituents is 1. The number of nitro groups is 1. The van der Waals surface area contributed by atoms with Gasteiger partial charge in [-0.3, -0.25) is 14.9 Å². The first kappa shape index (κ1) is 21.2. The molecule has 1 atom stereocenters. The Balaban J connectivity index is 1.95. The molecule has 0 heterocycles. The maximum Gasteiger partial charge on any atom is 0.338 e. The van der Waals surface area contributed by atoms with E-state index in [1.165, 1.54) is 12.1 Å². The molecule has 0 radical (unpaired) electrons. The maximum absolute atomic E-state index is 12.1. The predicted molar refractivity (Wildman–Crippen MR) is 103 cm³/mol. The first-order chi connectivity index (χ1) is 13.3. The standard InChI is InChI=1S/C19H19ClN2O6/c1-3-27-17-9-6-14(10-16(17)22(25)26)19(24)28-11-18(23)21-12(2)13-4-7-15(20)8-5-13/h4-10,12H,3,11H2,1-2H3,(H,21,23)/t12-/m1/s1. The van der Waals surface area contributed by atoms with Gasteiger partial charge in [-0.05, 0) is 43.7 Å². The number of benzene rings is 2. The summed E-state index contributed by atoms with van der Waals surface area (Å²) in [6.07, 6.45) is 0. The van der Waals surface area contributed by atoms with Gasteiger partial charge in [0.05, 0.1) is 23.1 Å². The zero-order valence-electron chi connectivity index (χ0n) is 15.3. The van der Waals surface area contributed by atoms with Crippen LogP contribution < -0.4 is 10.1 Å². The Kier molecular flexibility index (Phi) is 7.34. The third-order valence-electron chi connectivity index (χ3n) is 3.77. The zero-order chi connectivity index (χ0) is 20.7. The third-order valence-corrected chi connectivity index (χ3v) is 4.03. The van der Waals surface area contributed by atoms with Crippen LogP contribution in [0.3, 0.4) is 0 Å². The lowest BCUT2D eigenvalue weighted by atomic mass is 10.1. The third kappa shape index (κ3) is 5.68. The van der Waals surface area contributed by atoms with Gasteiger partial charge < -0.3 is 14.8 Å². The molecule has 0 aliphatic carbocycles. The minimum Gasteiger partial charge on any atom is -0.487 e. The topological polar surface area (TPSA) is 108 Å². The summed E-state index contributed by atoms with van der Waals surface area (Å²) in [6.45, 7) is 3.20. The van der Waals surface area contributed by atoms with E-state index in [1.54, 1.807) is 38.1 Å². The van der Waals surface area contributed by atoms with Crippen molar-refractivity contribution in [2.24, 2.45) is 0 Å². The van der Waals surface area contributed by atoms with Gasteiger partial charge in [0, 0.05) is 11.1 Å². The monoisotopic (exact) mass is 406 g/mol. The van der Waals surface area contributed by atoms with E-state index in [0.717, 1.165) is 11.6 Å². The van der Waals surface area contributed by atoms with Crippen molar-refractivity contribution in [1.29, 1.82) is 0 Å². The fourth-order valence-electron chi connectivity index (χ4n) is 2.40. The second-order valence-electron chi connectivity index (χ2n) is 5.79. The number of carbonyl (C=O) groups excluding carboxylic acids is 2. The minimum atomic E-state index is -0.847. The van der Waals surface area contributed by atoms with Gasteiger partial charge in [-0.1, -0.05) is 23.7 Å². The Labute approximate surface area is 166 Å². The van der Waals surface area contributed by atoms with Gasteiger partial charge in [0.1, 0.15) is 0 Å². The number of esters is 1. The number of nitrogens with one attached hydrogen (secondary N) is 1. The van der Waals surface area contributed by atoms with E-state index in [0.29, 0.717) is 5.02 Å². The second kappa shape index (κ2) is 9.70. The summed E-state index contributed by atoms with van der Waals surface area (Å²) in [5.74, 6) is -1.30. The van der Waals surface area contributed by atoms with Crippen molar-refractivity contribution in [3.8, 4) is 5.75 Å². The van der Waals surface area contributed by atoms with Crippen LogP contribution in [-0.2, 0) is 9.53 Å². The Morgan fingerprint density at radius 1 is 1.21 bits per heavy atom. The molecule has 9 heteroatoms. The van der Waals surface area contributed by atoms with Crippen LogP contribution in [0.25, 0.3) is 0 Å². The summed E-state index contributed by atoms with van der Waals surface area (Å²) in [5.41, 5.74) is 0.442.